The van der Waals surface area contributed by atoms with E-state index < -0.39 is 32.7 Å². The molecule has 1 aromatic rings. The van der Waals surface area contributed by atoms with Crippen molar-refractivity contribution in [1.82, 2.24) is 4.31 Å². The van der Waals surface area contributed by atoms with Crippen molar-refractivity contribution in [3.8, 4) is 0 Å². The molecular weight excluding hydrogens is 317 g/mol. The summed E-state index contributed by atoms with van der Waals surface area (Å²) in [6, 6.07) is 1.91. The first-order valence-corrected chi connectivity index (χ1v) is 7.38. The van der Waals surface area contributed by atoms with Crippen molar-refractivity contribution in [2.45, 2.75) is 24.0 Å². The Labute approximate surface area is 120 Å². The van der Waals surface area contributed by atoms with Crippen LogP contribution in [0.5, 0.6) is 0 Å². The van der Waals surface area contributed by atoms with Crippen molar-refractivity contribution < 1.29 is 21.6 Å². The van der Waals surface area contributed by atoms with Gasteiger partial charge >= 0.3 is 6.18 Å². The Kier molecular flexibility index (Phi) is 5.07. The van der Waals surface area contributed by atoms with Crippen LogP contribution in [0.1, 0.15) is 12.5 Å². The van der Waals surface area contributed by atoms with Crippen molar-refractivity contribution in [1.29, 1.82) is 0 Å². The Morgan fingerprint density at radius 1 is 1.40 bits per heavy atom. The van der Waals surface area contributed by atoms with Gasteiger partial charge in [-0.25, -0.2) is 8.42 Å². The number of nitrogens with two attached hydrogens (primary N) is 1. The molecule has 1 rings (SSSR count). The van der Waals surface area contributed by atoms with Crippen LogP contribution in [0.2, 0.25) is 5.02 Å². The van der Waals surface area contributed by atoms with E-state index in [0.717, 1.165) is 16.4 Å². The molecule has 0 amide bonds. The topological polar surface area (TPSA) is 63.4 Å². The van der Waals surface area contributed by atoms with E-state index in [0.29, 0.717) is 6.07 Å². The van der Waals surface area contributed by atoms with E-state index in [-0.39, 0.29) is 11.6 Å². The van der Waals surface area contributed by atoms with Crippen LogP contribution in [0.25, 0.3) is 0 Å². The quantitative estimate of drug-likeness (QED) is 0.921. The molecule has 0 aliphatic rings. The summed E-state index contributed by atoms with van der Waals surface area (Å²) in [6.45, 7) is 1.49. The highest BCUT2D eigenvalue weighted by molar-refractivity contribution is 7.89. The summed E-state index contributed by atoms with van der Waals surface area (Å²) in [4.78, 5) is -0.836. The predicted octanol–water partition coefficient (Wildman–Crippen LogP) is 2.33. The molecule has 20 heavy (non-hydrogen) atoms. The number of nitrogens with zero attached hydrogens (tertiary/aromatic N) is 1. The number of hydrogen-bond acceptors (Lipinski definition) is 3. The number of halogens is 4. The zero-order chi connectivity index (χ0) is 15.7. The van der Waals surface area contributed by atoms with Gasteiger partial charge in [0, 0.05) is 24.7 Å². The van der Waals surface area contributed by atoms with Gasteiger partial charge in [-0.05, 0) is 25.1 Å². The lowest BCUT2D eigenvalue weighted by Gasteiger charge is -2.24. The maximum absolute atomic E-state index is 12.9. The van der Waals surface area contributed by atoms with Gasteiger partial charge in [0.05, 0.1) is 10.5 Å². The molecule has 0 saturated carbocycles. The van der Waals surface area contributed by atoms with E-state index in [1.807, 2.05) is 0 Å². The minimum atomic E-state index is -4.82. The number of alkyl halides is 3. The first-order chi connectivity index (χ1) is 9.01. The van der Waals surface area contributed by atoms with E-state index in [1.54, 1.807) is 0 Å². The first-order valence-electron chi connectivity index (χ1n) is 5.56. The average molecular weight is 331 g/mol. The molecule has 1 aromatic carbocycles. The summed E-state index contributed by atoms with van der Waals surface area (Å²) in [6.07, 6.45) is -4.82. The molecule has 0 bridgehead atoms. The smallest absolute Gasteiger partial charge is 0.329 e. The van der Waals surface area contributed by atoms with Crippen LogP contribution in [0.15, 0.2) is 23.1 Å². The molecule has 1 atom stereocenters. The normalized spacial score (nSPS) is 14.6. The predicted molar refractivity (Wildman–Crippen MR) is 69.9 cm³/mol. The minimum absolute atomic E-state index is 0.00926. The van der Waals surface area contributed by atoms with Crippen LogP contribution in [0.4, 0.5) is 13.2 Å². The third-order valence-corrected chi connectivity index (χ3v) is 5.13. The number of likely N-dealkylation sites (N-methyl/N-ethyl adjacent to an activating group) is 1. The lowest BCUT2D eigenvalue weighted by atomic mass is 10.2. The zero-order valence-electron chi connectivity index (χ0n) is 10.8. The fourth-order valence-electron chi connectivity index (χ4n) is 1.49. The Balaban J connectivity index is 3.47. The second kappa shape index (κ2) is 5.88. The highest BCUT2D eigenvalue weighted by Gasteiger charge is 2.39. The third-order valence-electron chi connectivity index (χ3n) is 2.87. The van der Waals surface area contributed by atoms with Gasteiger partial charge in [-0.1, -0.05) is 11.6 Å². The zero-order valence-corrected chi connectivity index (χ0v) is 12.4. The van der Waals surface area contributed by atoms with E-state index in [1.165, 1.54) is 14.0 Å². The third kappa shape index (κ3) is 3.43. The molecule has 0 fully saturated rings. The number of hydrogen-bond donors (Lipinski definition) is 1. The monoisotopic (exact) mass is 330 g/mol. The molecule has 0 aliphatic carbocycles. The Morgan fingerprint density at radius 2 is 1.95 bits per heavy atom. The second-order valence-electron chi connectivity index (χ2n) is 4.24. The molecule has 2 N–H and O–H groups in total. The Hall–Kier alpha value is -0.830. The summed E-state index contributed by atoms with van der Waals surface area (Å²) in [5.41, 5.74) is 4.06. The molecule has 0 aliphatic heterocycles. The van der Waals surface area contributed by atoms with Gasteiger partial charge in [-0.3, -0.25) is 0 Å². The van der Waals surface area contributed by atoms with Crippen LogP contribution < -0.4 is 5.73 Å². The molecule has 0 heterocycles. The molecular formula is C11H14ClF3N2O2S. The number of benzene rings is 1. The molecule has 0 spiro atoms. The molecule has 0 radical (unpaired) electrons. The van der Waals surface area contributed by atoms with Crippen LogP contribution in [0.3, 0.4) is 0 Å². The van der Waals surface area contributed by atoms with Crippen molar-refractivity contribution in [3.05, 3.63) is 28.8 Å². The number of sulfonamides is 1. The highest BCUT2D eigenvalue weighted by Crippen LogP contribution is 2.36. The highest BCUT2D eigenvalue weighted by atomic mass is 35.5. The van der Waals surface area contributed by atoms with Crippen LogP contribution >= 0.6 is 11.6 Å². The SMILES string of the molecule is CC(CN)N(C)S(=O)(=O)c1ccc(Cl)cc1C(F)(F)F. The molecule has 4 nitrogen and oxygen atoms in total. The molecule has 0 aromatic heterocycles. The van der Waals surface area contributed by atoms with E-state index in [9.17, 15) is 21.6 Å². The van der Waals surface area contributed by atoms with Gasteiger partial charge in [0.15, 0.2) is 0 Å². The van der Waals surface area contributed by atoms with Crippen molar-refractivity contribution in [2.75, 3.05) is 13.6 Å². The van der Waals surface area contributed by atoms with Crippen molar-refractivity contribution in [2.24, 2.45) is 5.73 Å². The average Bonchev–Trinajstić information content (AvgIpc) is 2.35. The lowest BCUT2D eigenvalue weighted by molar-refractivity contribution is -0.139. The second-order valence-corrected chi connectivity index (χ2v) is 6.65. The lowest BCUT2D eigenvalue weighted by Crippen LogP contribution is -2.40. The molecule has 114 valence electrons. The first kappa shape index (κ1) is 17.2. The summed E-state index contributed by atoms with van der Waals surface area (Å²) in [5.74, 6) is 0. The summed E-state index contributed by atoms with van der Waals surface area (Å²) in [5, 5.41) is -0.189. The molecule has 9 heteroatoms. The van der Waals surface area contributed by atoms with Gasteiger partial charge in [0.25, 0.3) is 0 Å². The maximum Gasteiger partial charge on any atom is 0.417 e. The summed E-state index contributed by atoms with van der Waals surface area (Å²) in [7, 11) is -3.12. The van der Waals surface area contributed by atoms with Crippen LogP contribution in [0, 0.1) is 0 Å². The summed E-state index contributed by atoms with van der Waals surface area (Å²) >= 11 is 5.51. The van der Waals surface area contributed by atoms with Gasteiger partial charge in [0.2, 0.25) is 10.0 Å². The van der Waals surface area contributed by atoms with Gasteiger partial charge < -0.3 is 5.73 Å². The standard InChI is InChI=1S/C11H14ClF3N2O2S/c1-7(6-16)17(2)20(18,19)10-4-3-8(12)5-9(10)11(13,14)15/h3-5,7H,6,16H2,1-2H3. The minimum Gasteiger partial charge on any atom is -0.329 e. The van der Waals surface area contributed by atoms with Crippen molar-refractivity contribution in [3.63, 3.8) is 0 Å². The van der Waals surface area contributed by atoms with E-state index in [2.05, 4.69) is 0 Å². The van der Waals surface area contributed by atoms with E-state index in [4.69, 9.17) is 17.3 Å². The van der Waals surface area contributed by atoms with E-state index >= 15 is 0 Å². The van der Waals surface area contributed by atoms with Crippen LogP contribution in [-0.2, 0) is 16.2 Å². The fraction of sp³-hybridized carbons (Fsp3) is 0.455. The Morgan fingerprint density at radius 3 is 2.40 bits per heavy atom. The van der Waals surface area contributed by atoms with Gasteiger partial charge in [-0.15, -0.1) is 0 Å². The van der Waals surface area contributed by atoms with Gasteiger partial charge in [-0.2, -0.15) is 17.5 Å². The Bertz CT molecular complexity index is 590. The number of rotatable bonds is 4. The van der Waals surface area contributed by atoms with Gasteiger partial charge in [0.1, 0.15) is 0 Å². The maximum atomic E-state index is 12.9. The largest absolute Gasteiger partial charge is 0.417 e. The van der Waals surface area contributed by atoms with Crippen molar-refractivity contribution >= 4 is 21.6 Å². The van der Waals surface area contributed by atoms with Crippen LogP contribution in [-0.4, -0.2) is 32.4 Å². The molecule has 0 saturated heterocycles. The summed E-state index contributed by atoms with van der Waals surface area (Å²) < 4.78 is 64.1. The fourth-order valence-corrected chi connectivity index (χ4v) is 3.22. The molecule has 1 unspecified atom stereocenters.